The third kappa shape index (κ3) is 3.85. The Morgan fingerprint density at radius 3 is 2.50 bits per heavy atom. The zero-order chi connectivity index (χ0) is 10.4. The van der Waals surface area contributed by atoms with Crippen LogP contribution in [0.25, 0.3) is 0 Å². The van der Waals surface area contributed by atoms with Gasteiger partial charge in [-0.05, 0) is 12.0 Å². The first-order chi connectivity index (χ1) is 6.68. The van der Waals surface area contributed by atoms with E-state index in [1.165, 1.54) is 13.3 Å². The molecule has 0 aromatic heterocycles. The molecule has 0 N–H and O–H groups in total. The van der Waals surface area contributed by atoms with Crippen molar-refractivity contribution in [2.45, 2.75) is 13.3 Å². The fourth-order valence-electron chi connectivity index (χ4n) is 0.999. The number of esters is 2. The molecule has 0 aliphatic carbocycles. The van der Waals surface area contributed by atoms with Crippen LogP contribution in [0.15, 0.2) is 30.3 Å². The molecule has 1 aromatic carbocycles. The molecule has 0 saturated heterocycles. The van der Waals surface area contributed by atoms with Gasteiger partial charge in [-0.3, -0.25) is 9.59 Å². The van der Waals surface area contributed by atoms with E-state index in [-0.39, 0.29) is 0 Å². The fourth-order valence-corrected chi connectivity index (χ4v) is 0.999. The SMILES string of the molecule is CC(=O)OC(=O)[CH]Cc1ccccc1. The van der Waals surface area contributed by atoms with Crippen molar-refractivity contribution in [2.24, 2.45) is 0 Å². The normalized spacial score (nSPS) is 9.50. The summed E-state index contributed by atoms with van der Waals surface area (Å²) in [5.74, 6) is -1.18. The number of hydrogen-bond donors (Lipinski definition) is 0. The molecule has 0 bridgehead atoms. The van der Waals surface area contributed by atoms with Crippen molar-refractivity contribution >= 4 is 11.9 Å². The molecule has 0 heterocycles. The highest BCUT2D eigenvalue weighted by molar-refractivity contribution is 5.89. The molecular weight excluding hydrogens is 180 g/mol. The van der Waals surface area contributed by atoms with Gasteiger partial charge in [-0.25, -0.2) is 0 Å². The Kier molecular flexibility index (Phi) is 3.85. The maximum absolute atomic E-state index is 10.9. The van der Waals surface area contributed by atoms with Crippen LogP contribution in [0.1, 0.15) is 12.5 Å². The smallest absolute Gasteiger partial charge is 0.317 e. The van der Waals surface area contributed by atoms with Gasteiger partial charge in [0.2, 0.25) is 0 Å². The van der Waals surface area contributed by atoms with Gasteiger partial charge in [0, 0.05) is 6.92 Å². The first-order valence-corrected chi connectivity index (χ1v) is 4.28. The van der Waals surface area contributed by atoms with Crippen LogP contribution in [-0.4, -0.2) is 11.9 Å². The van der Waals surface area contributed by atoms with Gasteiger partial charge in [-0.15, -0.1) is 0 Å². The van der Waals surface area contributed by atoms with E-state index >= 15 is 0 Å². The molecule has 0 amide bonds. The monoisotopic (exact) mass is 191 g/mol. The largest absolute Gasteiger partial charge is 0.393 e. The molecule has 73 valence electrons. The zero-order valence-corrected chi connectivity index (χ0v) is 7.90. The summed E-state index contributed by atoms with van der Waals surface area (Å²) < 4.78 is 4.34. The van der Waals surface area contributed by atoms with Crippen LogP contribution in [0, 0.1) is 6.42 Å². The summed E-state index contributed by atoms with van der Waals surface area (Å²) in [6.07, 6.45) is 1.82. The van der Waals surface area contributed by atoms with Crippen molar-refractivity contribution in [3.63, 3.8) is 0 Å². The van der Waals surface area contributed by atoms with Crippen molar-refractivity contribution in [3.8, 4) is 0 Å². The van der Waals surface area contributed by atoms with Crippen LogP contribution in [0.3, 0.4) is 0 Å². The molecule has 0 fully saturated rings. The quantitative estimate of drug-likeness (QED) is 0.537. The lowest BCUT2D eigenvalue weighted by Crippen LogP contribution is -2.10. The number of carbonyl (C=O) groups excluding carboxylic acids is 2. The van der Waals surface area contributed by atoms with Gasteiger partial charge in [0.15, 0.2) is 0 Å². The zero-order valence-electron chi connectivity index (χ0n) is 7.90. The van der Waals surface area contributed by atoms with E-state index in [0.29, 0.717) is 6.42 Å². The number of benzene rings is 1. The molecule has 14 heavy (non-hydrogen) atoms. The molecule has 0 unspecified atom stereocenters. The van der Waals surface area contributed by atoms with Gasteiger partial charge in [0.05, 0.1) is 6.42 Å². The van der Waals surface area contributed by atoms with Gasteiger partial charge in [0.25, 0.3) is 0 Å². The number of hydrogen-bond acceptors (Lipinski definition) is 3. The van der Waals surface area contributed by atoms with Crippen LogP contribution >= 0.6 is 0 Å². The molecular formula is C11H11O3. The van der Waals surface area contributed by atoms with E-state index < -0.39 is 11.9 Å². The predicted molar refractivity (Wildman–Crippen MR) is 51.2 cm³/mol. The van der Waals surface area contributed by atoms with E-state index in [9.17, 15) is 9.59 Å². The Bertz CT molecular complexity index is 317. The molecule has 1 aromatic rings. The fraction of sp³-hybridized carbons (Fsp3) is 0.182. The molecule has 3 nitrogen and oxygen atoms in total. The molecule has 0 aliphatic heterocycles. The van der Waals surface area contributed by atoms with E-state index in [4.69, 9.17) is 0 Å². The standard InChI is InChI=1S/C11H11O3/c1-9(12)14-11(13)8-7-10-5-3-2-4-6-10/h2-6,8H,7H2,1H3. The van der Waals surface area contributed by atoms with E-state index in [1.807, 2.05) is 30.3 Å². The Morgan fingerprint density at radius 2 is 1.93 bits per heavy atom. The Balaban J connectivity index is 2.34. The summed E-state index contributed by atoms with van der Waals surface area (Å²) in [5.41, 5.74) is 1.01. The van der Waals surface area contributed by atoms with Crippen molar-refractivity contribution in [1.82, 2.24) is 0 Å². The van der Waals surface area contributed by atoms with Gasteiger partial charge in [-0.2, -0.15) is 0 Å². The number of ether oxygens (including phenoxy) is 1. The van der Waals surface area contributed by atoms with E-state index in [1.54, 1.807) is 0 Å². The first kappa shape index (κ1) is 10.4. The second kappa shape index (κ2) is 5.17. The van der Waals surface area contributed by atoms with Crippen LogP contribution in [-0.2, 0) is 20.7 Å². The Hall–Kier alpha value is -1.64. The highest BCUT2D eigenvalue weighted by Gasteiger charge is 2.06. The van der Waals surface area contributed by atoms with Crippen LogP contribution in [0.2, 0.25) is 0 Å². The lowest BCUT2D eigenvalue weighted by Gasteiger charge is -1.99. The highest BCUT2D eigenvalue weighted by Crippen LogP contribution is 2.02. The maximum Gasteiger partial charge on any atom is 0.317 e. The Labute approximate surface area is 82.7 Å². The third-order valence-electron chi connectivity index (χ3n) is 1.59. The summed E-state index contributed by atoms with van der Waals surface area (Å²) in [5, 5.41) is 0. The van der Waals surface area contributed by atoms with Crippen molar-refractivity contribution in [1.29, 1.82) is 0 Å². The van der Waals surface area contributed by atoms with Crippen LogP contribution in [0.5, 0.6) is 0 Å². The third-order valence-corrected chi connectivity index (χ3v) is 1.59. The van der Waals surface area contributed by atoms with Crippen molar-refractivity contribution < 1.29 is 14.3 Å². The van der Waals surface area contributed by atoms with Gasteiger partial charge in [-0.1, -0.05) is 30.3 Å². The van der Waals surface area contributed by atoms with Crippen molar-refractivity contribution in [3.05, 3.63) is 42.3 Å². The number of carbonyl (C=O) groups is 2. The second-order valence-electron chi connectivity index (χ2n) is 2.81. The molecule has 0 atom stereocenters. The van der Waals surface area contributed by atoms with Crippen LogP contribution in [0.4, 0.5) is 0 Å². The average Bonchev–Trinajstić information content (AvgIpc) is 2.15. The van der Waals surface area contributed by atoms with Crippen LogP contribution < -0.4 is 0 Å². The minimum atomic E-state index is -0.596. The summed E-state index contributed by atoms with van der Waals surface area (Å²) in [7, 11) is 0. The predicted octanol–water partition coefficient (Wildman–Crippen LogP) is 1.52. The van der Waals surface area contributed by atoms with Gasteiger partial charge in [0.1, 0.15) is 0 Å². The van der Waals surface area contributed by atoms with Crippen molar-refractivity contribution in [2.75, 3.05) is 0 Å². The number of rotatable bonds is 3. The molecule has 1 rings (SSSR count). The second-order valence-corrected chi connectivity index (χ2v) is 2.81. The van der Waals surface area contributed by atoms with E-state index in [2.05, 4.69) is 4.74 Å². The lowest BCUT2D eigenvalue weighted by molar-refractivity contribution is -0.155. The minimum Gasteiger partial charge on any atom is -0.393 e. The highest BCUT2D eigenvalue weighted by atomic mass is 16.6. The molecule has 0 aliphatic rings. The minimum absolute atomic E-state index is 0.479. The average molecular weight is 191 g/mol. The molecule has 0 saturated carbocycles. The maximum atomic E-state index is 10.9. The Morgan fingerprint density at radius 1 is 1.29 bits per heavy atom. The first-order valence-electron chi connectivity index (χ1n) is 4.28. The lowest BCUT2D eigenvalue weighted by atomic mass is 10.1. The summed E-state index contributed by atoms with van der Waals surface area (Å²) in [6, 6.07) is 9.48. The topological polar surface area (TPSA) is 43.4 Å². The molecule has 0 spiro atoms. The molecule has 1 radical (unpaired) electrons. The van der Waals surface area contributed by atoms with E-state index in [0.717, 1.165) is 5.56 Å². The molecule has 3 heteroatoms. The summed E-state index contributed by atoms with van der Waals surface area (Å²) in [6.45, 7) is 1.20. The van der Waals surface area contributed by atoms with Gasteiger partial charge >= 0.3 is 11.9 Å². The summed E-state index contributed by atoms with van der Waals surface area (Å²) in [4.78, 5) is 21.3. The van der Waals surface area contributed by atoms with Gasteiger partial charge < -0.3 is 4.74 Å². The summed E-state index contributed by atoms with van der Waals surface area (Å²) >= 11 is 0.